The molecule has 1 atom stereocenters. The number of carbonyl (C=O) groups is 1. The summed E-state index contributed by atoms with van der Waals surface area (Å²) in [6.07, 6.45) is 0.00337. The first kappa shape index (κ1) is 20.0. The van der Waals surface area contributed by atoms with Crippen molar-refractivity contribution in [3.05, 3.63) is 52.3 Å². The molecule has 0 saturated carbocycles. The van der Waals surface area contributed by atoms with Gasteiger partial charge >= 0.3 is 6.55 Å². The molecule has 2 rings (SSSR count). The van der Waals surface area contributed by atoms with Crippen molar-refractivity contribution in [3.8, 4) is 0 Å². The fourth-order valence-corrected chi connectivity index (χ4v) is 2.84. The zero-order valence-electron chi connectivity index (χ0n) is 15.6. The van der Waals surface area contributed by atoms with Gasteiger partial charge in [0.2, 0.25) is 5.91 Å². The maximum Gasteiger partial charge on any atom is 0.333 e. The molecule has 0 spiro atoms. The van der Waals surface area contributed by atoms with Crippen molar-refractivity contribution in [1.29, 1.82) is 0 Å². The minimum atomic E-state index is -2.72. The van der Waals surface area contributed by atoms with Crippen LogP contribution in [0.4, 0.5) is 8.78 Å². The number of nitrogens with zero attached hydrogens (tertiary/aromatic N) is 2. The minimum absolute atomic E-state index is 0.00337. The van der Waals surface area contributed by atoms with Crippen LogP contribution in [0.5, 0.6) is 0 Å². The minimum Gasteiger partial charge on any atom is -0.354 e. The molecule has 0 radical (unpaired) electrons. The third-order valence-corrected chi connectivity index (χ3v) is 4.55. The fraction of sp³-hybridized carbons (Fsp3) is 0.474. The van der Waals surface area contributed by atoms with Crippen molar-refractivity contribution in [2.24, 2.45) is 5.73 Å². The molecule has 0 aliphatic carbocycles. The summed E-state index contributed by atoms with van der Waals surface area (Å²) < 4.78 is 26.4. The number of aromatic nitrogens is 2. The number of benzene rings is 1. The Bertz CT molecular complexity index is 754. The molecule has 0 fully saturated rings. The maximum absolute atomic E-state index is 12.9. The first-order valence-electron chi connectivity index (χ1n) is 8.65. The molecule has 1 aromatic carbocycles. The van der Waals surface area contributed by atoms with Gasteiger partial charge in [-0.05, 0) is 30.9 Å². The zero-order valence-corrected chi connectivity index (χ0v) is 15.6. The quantitative estimate of drug-likeness (QED) is 0.791. The molecule has 5 nitrogen and oxygen atoms in total. The molecule has 0 bridgehead atoms. The Labute approximate surface area is 152 Å². The monoisotopic (exact) mass is 364 g/mol. The van der Waals surface area contributed by atoms with E-state index in [1.807, 2.05) is 24.3 Å². The van der Waals surface area contributed by atoms with Gasteiger partial charge in [-0.2, -0.15) is 13.9 Å². The lowest BCUT2D eigenvalue weighted by Crippen LogP contribution is -2.33. The standard InChI is InChI=1S/C19H26F2N4O/c1-11(2)14-5-7-15(8-6-14)17(22)10-23-18(26)9-16-12(3)24-25(13(16)4)19(20)21/h5-8,11,17,19H,9-10,22H2,1-4H3,(H,23,26). The summed E-state index contributed by atoms with van der Waals surface area (Å²) in [6.45, 7) is 4.96. The number of nitrogens with two attached hydrogens (primary N) is 1. The predicted molar refractivity (Wildman–Crippen MR) is 97.1 cm³/mol. The topological polar surface area (TPSA) is 72.9 Å². The first-order chi connectivity index (χ1) is 12.2. The lowest BCUT2D eigenvalue weighted by Gasteiger charge is -2.15. The Hall–Kier alpha value is -2.28. The molecule has 1 heterocycles. The van der Waals surface area contributed by atoms with E-state index in [9.17, 15) is 13.6 Å². The molecular formula is C19H26F2N4O. The Kier molecular flexibility index (Phi) is 6.47. The van der Waals surface area contributed by atoms with E-state index in [-0.39, 0.29) is 24.9 Å². The van der Waals surface area contributed by atoms with Gasteiger partial charge in [-0.25, -0.2) is 4.68 Å². The van der Waals surface area contributed by atoms with Crippen molar-refractivity contribution in [1.82, 2.24) is 15.1 Å². The molecule has 1 amide bonds. The van der Waals surface area contributed by atoms with Crippen molar-refractivity contribution in [2.45, 2.75) is 52.6 Å². The Morgan fingerprint density at radius 3 is 2.27 bits per heavy atom. The molecule has 26 heavy (non-hydrogen) atoms. The number of alkyl halides is 2. The van der Waals surface area contributed by atoms with E-state index in [0.29, 0.717) is 27.6 Å². The molecule has 0 aliphatic rings. The lowest BCUT2D eigenvalue weighted by molar-refractivity contribution is -0.120. The second kappa shape index (κ2) is 8.40. The van der Waals surface area contributed by atoms with Gasteiger partial charge in [0.05, 0.1) is 12.1 Å². The van der Waals surface area contributed by atoms with Gasteiger partial charge in [0, 0.05) is 23.8 Å². The van der Waals surface area contributed by atoms with Crippen molar-refractivity contribution >= 4 is 5.91 Å². The average Bonchev–Trinajstić information content (AvgIpc) is 2.88. The number of aryl methyl sites for hydroxylation is 1. The Morgan fingerprint density at radius 1 is 1.19 bits per heavy atom. The van der Waals surface area contributed by atoms with Gasteiger partial charge < -0.3 is 11.1 Å². The summed E-state index contributed by atoms with van der Waals surface area (Å²) in [4.78, 5) is 12.2. The summed E-state index contributed by atoms with van der Waals surface area (Å²) in [7, 11) is 0. The van der Waals surface area contributed by atoms with Crippen LogP contribution in [-0.2, 0) is 11.2 Å². The van der Waals surface area contributed by atoms with Crippen LogP contribution in [0.25, 0.3) is 0 Å². The number of hydrogen-bond acceptors (Lipinski definition) is 3. The van der Waals surface area contributed by atoms with Gasteiger partial charge in [-0.1, -0.05) is 38.1 Å². The van der Waals surface area contributed by atoms with E-state index >= 15 is 0 Å². The van der Waals surface area contributed by atoms with E-state index in [0.717, 1.165) is 5.56 Å². The van der Waals surface area contributed by atoms with Crippen LogP contribution in [0.2, 0.25) is 0 Å². The lowest BCUT2D eigenvalue weighted by atomic mass is 9.99. The molecule has 7 heteroatoms. The average molecular weight is 364 g/mol. The SMILES string of the molecule is Cc1nn(C(F)F)c(C)c1CC(=O)NCC(N)c1ccc(C(C)C)cc1. The molecule has 2 aromatic rings. The van der Waals surface area contributed by atoms with E-state index in [4.69, 9.17) is 5.73 Å². The summed E-state index contributed by atoms with van der Waals surface area (Å²) in [6, 6.07) is 7.67. The van der Waals surface area contributed by atoms with Gasteiger partial charge in [0.1, 0.15) is 0 Å². The third kappa shape index (κ3) is 4.66. The molecule has 3 N–H and O–H groups in total. The molecule has 1 aromatic heterocycles. The van der Waals surface area contributed by atoms with Crippen LogP contribution >= 0.6 is 0 Å². The summed E-state index contributed by atoms with van der Waals surface area (Å²) in [5, 5.41) is 6.56. The number of rotatable bonds is 7. The highest BCUT2D eigenvalue weighted by Crippen LogP contribution is 2.20. The number of amides is 1. The van der Waals surface area contributed by atoms with E-state index in [1.54, 1.807) is 6.92 Å². The second-order valence-electron chi connectivity index (χ2n) is 6.78. The largest absolute Gasteiger partial charge is 0.354 e. The normalized spacial score (nSPS) is 12.7. The fourth-order valence-electron chi connectivity index (χ4n) is 2.84. The molecule has 0 saturated heterocycles. The van der Waals surface area contributed by atoms with Crippen LogP contribution in [0.15, 0.2) is 24.3 Å². The Balaban J connectivity index is 1.94. The number of carbonyl (C=O) groups excluding carboxylic acids is 1. The first-order valence-corrected chi connectivity index (χ1v) is 8.65. The van der Waals surface area contributed by atoms with E-state index in [2.05, 4.69) is 24.3 Å². The van der Waals surface area contributed by atoms with Gasteiger partial charge in [-0.15, -0.1) is 0 Å². The van der Waals surface area contributed by atoms with Crippen LogP contribution in [0.3, 0.4) is 0 Å². The maximum atomic E-state index is 12.9. The second-order valence-corrected chi connectivity index (χ2v) is 6.78. The predicted octanol–water partition coefficient (Wildman–Crippen LogP) is 3.38. The van der Waals surface area contributed by atoms with Gasteiger partial charge in [-0.3, -0.25) is 4.79 Å². The Morgan fingerprint density at radius 2 is 1.77 bits per heavy atom. The number of nitrogens with one attached hydrogen (secondary N) is 1. The van der Waals surface area contributed by atoms with Crippen LogP contribution in [0.1, 0.15) is 60.4 Å². The smallest absolute Gasteiger partial charge is 0.333 e. The zero-order chi connectivity index (χ0) is 19.4. The highest BCUT2D eigenvalue weighted by molar-refractivity contribution is 5.79. The van der Waals surface area contributed by atoms with Crippen LogP contribution < -0.4 is 11.1 Å². The van der Waals surface area contributed by atoms with E-state index in [1.165, 1.54) is 12.5 Å². The highest BCUT2D eigenvalue weighted by atomic mass is 19.3. The number of halogens is 2. The molecule has 142 valence electrons. The van der Waals surface area contributed by atoms with Crippen molar-refractivity contribution in [2.75, 3.05) is 6.54 Å². The van der Waals surface area contributed by atoms with Crippen molar-refractivity contribution in [3.63, 3.8) is 0 Å². The third-order valence-electron chi connectivity index (χ3n) is 4.55. The summed E-state index contributed by atoms with van der Waals surface area (Å²) in [5.41, 5.74) is 9.57. The molecule has 1 unspecified atom stereocenters. The van der Waals surface area contributed by atoms with E-state index < -0.39 is 6.55 Å². The van der Waals surface area contributed by atoms with Crippen LogP contribution in [0, 0.1) is 13.8 Å². The van der Waals surface area contributed by atoms with Crippen LogP contribution in [-0.4, -0.2) is 22.2 Å². The molecular weight excluding hydrogens is 338 g/mol. The summed E-state index contributed by atoms with van der Waals surface area (Å²) >= 11 is 0. The van der Waals surface area contributed by atoms with Gasteiger partial charge in [0.25, 0.3) is 0 Å². The molecule has 0 aliphatic heterocycles. The van der Waals surface area contributed by atoms with Crippen molar-refractivity contribution < 1.29 is 13.6 Å². The highest BCUT2D eigenvalue weighted by Gasteiger charge is 2.19. The van der Waals surface area contributed by atoms with Gasteiger partial charge in [0.15, 0.2) is 0 Å². The number of hydrogen-bond donors (Lipinski definition) is 2. The summed E-state index contributed by atoms with van der Waals surface area (Å²) in [5.74, 6) is 0.180.